The third kappa shape index (κ3) is 2.32. The molecule has 0 saturated carbocycles. The predicted octanol–water partition coefficient (Wildman–Crippen LogP) is 0.707. The Balaban J connectivity index is 2.53. The standard InChI is InChI=1S/C11H8BF2NO2/c13-10-3-1-2-9(11(10)14)7-4-8(12(16)17)6-15-5-7/h1-6,16-17H. The first-order valence-corrected chi connectivity index (χ1v) is 4.85. The van der Waals surface area contributed by atoms with Crippen molar-refractivity contribution in [2.75, 3.05) is 0 Å². The van der Waals surface area contributed by atoms with Gasteiger partial charge in [0, 0.05) is 29.0 Å². The molecule has 2 rings (SSSR count). The highest BCUT2D eigenvalue weighted by Crippen LogP contribution is 2.22. The predicted molar refractivity (Wildman–Crippen MR) is 59.4 cm³/mol. The number of nitrogens with zero attached hydrogens (tertiary/aromatic N) is 1. The minimum absolute atomic E-state index is 0.0278. The Hall–Kier alpha value is -1.79. The molecule has 1 heterocycles. The summed E-state index contributed by atoms with van der Waals surface area (Å²) < 4.78 is 26.5. The van der Waals surface area contributed by atoms with Crippen LogP contribution in [0.15, 0.2) is 36.7 Å². The molecule has 0 unspecified atom stereocenters. The number of hydrogen-bond donors (Lipinski definition) is 2. The first kappa shape index (κ1) is 11.7. The third-order valence-corrected chi connectivity index (χ3v) is 2.32. The third-order valence-electron chi connectivity index (χ3n) is 2.32. The molecule has 0 fully saturated rings. The average molecular weight is 235 g/mol. The average Bonchev–Trinajstić information content (AvgIpc) is 2.33. The Morgan fingerprint density at radius 1 is 1.12 bits per heavy atom. The van der Waals surface area contributed by atoms with Gasteiger partial charge < -0.3 is 10.0 Å². The molecule has 0 aliphatic rings. The SMILES string of the molecule is OB(O)c1cncc(-c2cccc(F)c2F)c1. The second kappa shape index (κ2) is 4.61. The van der Waals surface area contributed by atoms with Gasteiger partial charge in [-0.1, -0.05) is 18.2 Å². The molecule has 0 atom stereocenters. The van der Waals surface area contributed by atoms with Crippen molar-refractivity contribution in [3.8, 4) is 11.1 Å². The zero-order valence-corrected chi connectivity index (χ0v) is 8.64. The van der Waals surface area contributed by atoms with E-state index >= 15 is 0 Å². The van der Waals surface area contributed by atoms with Crippen molar-refractivity contribution in [2.45, 2.75) is 0 Å². The highest BCUT2D eigenvalue weighted by Gasteiger charge is 2.15. The van der Waals surface area contributed by atoms with E-state index in [9.17, 15) is 8.78 Å². The molecule has 1 aromatic carbocycles. The second-order valence-corrected chi connectivity index (χ2v) is 3.48. The summed E-state index contributed by atoms with van der Waals surface area (Å²) in [6.45, 7) is 0. The second-order valence-electron chi connectivity index (χ2n) is 3.48. The van der Waals surface area contributed by atoms with Crippen molar-refractivity contribution < 1.29 is 18.8 Å². The first-order chi connectivity index (χ1) is 8.09. The van der Waals surface area contributed by atoms with Crippen molar-refractivity contribution in [2.24, 2.45) is 0 Å². The Bertz CT molecular complexity index is 549. The van der Waals surface area contributed by atoms with Gasteiger partial charge >= 0.3 is 7.12 Å². The van der Waals surface area contributed by atoms with Crippen molar-refractivity contribution in [3.05, 3.63) is 48.3 Å². The lowest BCUT2D eigenvalue weighted by Crippen LogP contribution is -2.30. The zero-order chi connectivity index (χ0) is 12.4. The van der Waals surface area contributed by atoms with Crippen LogP contribution in [0.5, 0.6) is 0 Å². The van der Waals surface area contributed by atoms with Gasteiger partial charge in [0.2, 0.25) is 0 Å². The maximum Gasteiger partial charge on any atom is 0.490 e. The van der Waals surface area contributed by atoms with E-state index in [1.54, 1.807) is 0 Å². The smallest absolute Gasteiger partial charge is 0.423 e. The minimum Gasteiger partial charge on any atom is -0.423 e. The van der Waals surface area contributed by atoms with Crippen LogP contribution < -0.4 is 5.46 Å². The molecule has 6 heteroatoms. The molecule has 17 heavy (non-hydrogen) atoms. The van der Waals surface area contributed by atoms with Crippen molar-refractivity contribution in [1.82, 2.24) is 4.98 Å². The zero-order valence-electron chi connectivity index (χ0n) is 8.64. The highest BCUT2D eigenvalue weighted by atomic mass is 19.2. The van der Waals surface area contributed by atoms with E-state index in [0.717, 1.165) is 6.07 Å². The molecular formula is C11H8BF2NO2. The molecule has 3 nitrogen and oxygen atoms in total. The van der Waals surface area contributed by atoms with Gasteiger partial charge in [0.15, 0.2) is 11.6 Å². The molecule has 0 amide bonds. The van der Waals surface area contributed by atoms with Gasteiger partial charge in [-0.25, -0.2) is 8.78 Å². The fourth-order valence-corrected chi connectivity index (χ4v) is 1.47. The molecule has 2 aromatic rings. The summed E-state index contributed by atoms with van der Waals surface area (Å²) in [4.78, 5) is 3.74. The largest absolute Gasteiger partial charge is 0.490 e. The molecule has 0 bridgehead atoms. The number of halogens is 2. The van der Waals surface area contributed by atoms with Gasteiger partial charge in [0.1, 0.15) is 0 Å². The van der Waals surface area contributed by atoms with Crippen molar-refractivity contribution in [1.29, 1.82) is 0 Å². The maximum atomic E-state index is 13.5. The lowest BCUT2D eigenvalue weighted by Gasteiger charge is -2.05. The van der Waals surface area contributed by atoms with Crippen LogP contribution in [0.3, 0.4) is 0 Å². The fourth-order valence-electron chi connectivity index (χ4n) is 1.47. The van der Waals surface area contributed by atoms with E-state index in [0.29, 0.717) is 0 Å². The molecule has 2 N–H and O–H groups in total. The molecule has 0 spiro atoms. The lowest BCUT2D eigenvalue weighted by molar-refractivity contribution is 0.425. The van der Waals surface area contributed by atoms with E-state index < -0.39 is 18.8 Å². The van der Waals surface area contributed by atoms with E-state index in [1.807, 2.05) is 0 Å². The quantitative estimate of drug-likeness (QED) is 0.753. The topological polar surface area (TPSA) is 53.4 Å². The maximum absolute atomic E-state index is 13.5. The molecule has 0 aliphatic carbocycles. The molecule has 1 aromatic heterocycles. The van der Waals surface area contributed by atoms with Crippen LogP contribution in [0.2, 0.25) is 0 Å². The molecule has 86 valence electrons. The van der Waals surface area contributed by atoms with Crippen LogP contribution in [-0.2, 0) is 0 Å². The Kier molecular flexibility index (Phi) is 3.17. The van der Waals surface area contributed by atoms with Crippen LogP contribution in [0.4, 0.5) is 8.78 Å². The van der Waals surface area contributed by atoms with Crippen molar-refractivity contribution >= 4 is 12.6 Å². The summed E-state index contributed by atoms with van der Waals surface area (Å²) in [5.74, 6) is -1.95. The van der Waals surface area contributed by atoms with Crippen LogP contribution in [-0.4, -0.2) is 22.2 Å². The van der Waals surface area contributed by atoms with Crippen LogP contribution in [0.1, 0.15) is 0 Å². The van der Waals surface area contributed by atoms with Crippen LogP contribution in [0, 0.1) is 11.6 Å². The Morgan fingerprint density at radius 2 is 1.88 bits per heavy atom. The van der Waals surface area contributed by atoms with Gasteiger partial charge in [0.05, 0.1) is 0 Å². The molecular weight excluding hydrogens is 227 g/mol. The van der Waals surface area contributed by atoms with Crippen LogP contribution >= 0.6 is 0 Å². The normalized spacial score (nSPS) is 10.4. The summed E-state index contributed by atoms with van der Waals surface area (Å²) in [7, 11) is -1.70. The van der Waals surface area contributed by atoms with Gasteiger partial charge in [-0.3, -0.25) is 4.98 Å². The number of pyridine rings is 1. The fraction of sp³-hybridized carbons (Fsp3) is 0. The van der Waals surface area contributed by atoms with E-state index in [2.05, 4.69) is 4.98 Å². The Morgan fingerprint density at radius 3 is 2.59 bits per heavy atom. The minimum atomic E-state index is -1.70. The summed E-state index contributed by atoms with van der Waals surface area (Å²) in [5.41, 5.74) is 0.429. The molecule has 0 saturated heterocycles. The monoisotopic (exact) mass is 235 g/mol. The number of benzene rings is 1. The van der Waals surface area contributed by atoms with Crippen molar-refractivity contribution in [3.63, 3.8) is 0 Å². The number of rotatable bonds is 2. The van der Waals surface area contributed by atoms with Crippen LogP contribution in [0.25, 0.3) is 11.1 Å². The summed E-state index contributed by atoms with van der Waals surface area (Å²) in [6.07, 6.45) is 2.56. The van der Waals surface area contributed by atoms with Gasteiger partial charge in [-0.05, 0) is 6.07 Å². The summed E-state index contributed by atoms with van der Waals surface area (Å²) in [6, 6.07) is 5.12. The van der Waals surface area contributed by atoms with Gasteiger partial charge in [0.25, 0.3) is 0 Å². The van der Waals surface area contributed by atoms with E-state index in [-0.39, 0.29) is 16.6 Å². The number of hydrogen-bond acceptors (Lipinski definition) is 3. The lowest BCUT2D eigenvalue weighted by atomic mass is 9.80. The highest BCUT2D eigenvalue weighted by molar-refractivity contribution is 6.58. The van der Waals surface area contributed by atoms with Gasteiger partial charge in [-0.15, -0.1) is 0 Å². The van der Waals surface area contributed by atoms with E-state index in [1.165, 1.54) is 30.6 Å². The molecule has 0 aliphatic heterocycles. The molecule has 0 radical (unpaired) electrons. The summed E-state index contributed by atoms with van der Waals surface area (Å²) >= 11 is 0. The van der Waals surface area contributed by atoms with E-state index in [4.69, 9.17) is 10.0 Å². The number of aromatic nitrogens is 1. The summed E-state index contributed by atoms with van der Waals surface area (Å²) in [5, 5.41) is 17.9. The Labute approximate surface area is 96.5 Å². The first-order valence-electron chi connectivity index (χ1n) is 4.85. The van der Waals surface area contributed by atoms with Gasteiger partial charge in [-0.2, -0.15) is 0 Å².